The summed E-state index contributed by atoms with van der Waals surface area (Å²) < 4.78 is 1.17. The van der Waals surface area contributed by atoms with Gasteiger partial charge in [0, 0.05) is 23.1 Å². The van der Waals surface area contributed by atoms with Crippen LogP contribution in [0.4, 0.5) is 17.3 Å². The minimum Gasteiger partial charge on any atom is -0.373 e. The first-order chi connectivity index (χ1) is 9.22. The Morgan fingerprint density at radius 1 is 1.16 bits per heavy atom. The number of nitrogens with zero attached hydrogens (tertiary/aromatic N) is 2. The molecule has 1 aromatic carbocycles. The van der Waals surface area contributed by atoms with E-state index in [-0.39, 0.29) is 0 Å². The van der Waals surface area contributed by atoms with Crippen LogP contribution in [0.1, 0.15) is 19.2 Å². The number of anilines is 3. The molecule has 0 atom stereocenters. The molecule has 0 saturated carbocycles. The minimum absolute atomic E-state index is 0.826. The van der Waals surface area contributed by atoms with E-state index in [1.807, 2.05) is 31.3 Å². The van der Waals surface area contributed by atoms with Gasteiger partial charge in [-0.2, -0.15) is 0 Å². The maximum Gasteiger partial charge on any atom is 0.136 e. The minimum atomic E-state index is 0.826. The molecule has 0 aliphatic heterocycles. The van der Waals surface area contributed by atoms with Crippen molar-refractivity contribution in [3.05, 3.63) is 39.7 Å². The van der Waals surface area contributed by atoms with Crippen LogP contribution in [0, 0.1) is 3.57 Å². The Balaban J connectivity index is 2.29. The number of halogens is 1. The summed E-state index contributed by atoms with van der Waals surface area (Å²) >= 11 is 2.31. The smallest absolute Gasteiger partial charge is 0.136 e. The van der Waals surface area contributed by atoms with Crippen LogP contribution in [0.3, 0.4) is 0 Å². The van der Waals surface area contributed by atoms with Gasteiger partial charge >= 0.3 is 0 Å². The van der Waals surface area contributed by atoms with E-state index in [4.69, 9.17) is 0 Å². The van der Waals surface area contributed by atoms with Gasteiger partial charge < -0.3 is 10.6 Å². The SMILES string of the molecule is CCCc1nc(NC)cc(Nc2ccccc2I)n1. The number of benzene rings is 1. The van der Waals surface area contributed by atoms with Crippen molar-refractivity contribution in [2.45, 2.75) is 19.8 Å². The average molecular weight is 368 g/mol. The molecule has 0 spiro atoms. The molecule has 0 fully saturated rings. The summed E-state index contributed by atoms with van der Waals surface area (Å²) in [6, 6.07) is 10.1. The van der Waals surface area contributed by atoms with E-state index in [9.17, 15) is 0 Å². The van der Waals surface area contributed by atoms with E-state index in [1.165, 1.54) is 3.57 Å². The van der Waals surface area contributed by atoms with Crippen LogP contribution < -0.4 is 10.6 Å². The second kappa shape index (κ2) is 6.70. The average Bonchev–Trinajstić information content (AvgIpc) is 2.41. The zero-order valence-electron chi connectivity index (χ0n) is 11.1. The molecule has 5 heteroatoms. The van der Waals surface area contributed by atoms with Crippen molar-refractivity contribution in [3.8, 4) is 0 Å². The standard InChI is InChI=1S/C14H17IN4/c1-3-6-12-18-13(16-2)9-14(19-12)17-11-8-5-4-7-10(11)15/h4-5,7-9H,3,6H2,1-2H3,(H2,16,17,18,19). The Kier molecular flexibility index (Phi) is 4.95. The fraction of sp³-hybridized carbons (Fsp3) is 0.286. The summed E-state index contributed by atoms with van der Waals surface area (Å²) in [6.45, 7) is 2.13. The third kappa shape index (κ3) is 3.79. The quantitative estimate of drug-likeness (QED) is 0.788. The number of hydrogen-bond acceptors (Lipinski definition) is 4. The molecular weight excluding hydrogens is 351 g/mol. The Labute approximate surface area is 127 Å². The van der Waals surface area contributed by atoms with Gasteiger partial charge in [-0.15, -0.1) is 0 Å². The predicted octanol–water partition coefficient (Wildman–Crippen LogP) is 3.82. The molecule has 1 aromatic heterocycles. The van der Waals surface area contributed by atoms with Gasteiger partial charge in [0.15, 0.2) is 0 Å². The molecule has 0 aliphatic carbocycles. The van der Waals surface area contributed by atoms with Crippen molar-refractivity contribution < 1.29 is 0 Å². The predicted molar refractivity (Wildman–Crippen MR) is 88.0 cm³/mol. The fourth-order valence-corrected chi connectivity index (χ4v) is 2.25. The van der Waals surface area contributed by atoms with E-state index in [0.29, 0.717) is 0 Å². The van der Waals surface area contributed by atoms with Crippen molar-refractivity contribution in [3.63, 3.8) is 0 Å². The van der Waals surface area contributed by atoms with Crippen molar-refractivity contribution in [2.75, 3.05) is 17.7 Å². The molecule has 0 aliphatic rings. The van der Waals surface area contributed by atoms with Crippen molar-refractivity contribution in [1.29, 1.82) is 0 Å². The van der Waals surface area contributed by atoms with Crippen LogP contribution in [0.25, 0.3) is 0 Å². The molecule has 0 bridgehead atoms. The van der Waals surface area contributed by atoms with Gasteiger partial charge in [0.1, 0.15) is 17.5 Å². The Morgan fingerprint density at radius 2 is 1.89 bits per heavy atom. The Morgan fingerprint density at radius 3 is 2.58 bits per heavy atom. The summed E-state index contributed by atoms with van der Waals surface area (Å²) in [6.07, 6.45) is 1.92. The van der Waals surface area contributed by atoms with Gasteiger partial charge in [-0.25, -0.2) is 9.97 Å². The molecule has 0 amide bonds. The van der Waals surface area contributed by atoms with E-state index in [2.05, 4.69) is 56.2 Å². The first-order valence-electron chi connectivity index (χ1n) is 6.30. The van der Waals surface area contributed by atoms with Crippen LogP contribution in [-0.2, 0) is 6.42 Å². The number of rotatable bonds is 5. The molecule has 1 heterocycles. The third-order valence-electron chi connectivity index (χ3n) is 2.64. The fourth-order valence-electron chi connectivity index (χ4n) is 1.73. The third-order valence-corrected chi connectivity index (χ3v) is 3.58. The van der Waals surface area contributed by atoms with Gasteiger partial charge in [0.05, 0.1) is 5.69 Å². The highest BCUT2D eigenvalue weighted by Gasteiger charge is 2.05. The number of nitrogens with one attached hydrogen (secondary N) is 2. The molecule has 0 unspecified atom stereocenters. The van der Waals surface area contributed by atoms with Gasteiger partial charge in [0.2, 0.25) is 0 Å². The molecule has 19 heavy (non-hydrogen) atoms. The van der Waals surface area contributed by atoms with E-state index in [0.717, 1.165) is 36.0 Å². The number of para-hydroxylation sites is 1. The zero-order chi connectivity index (χ0) is 13.7. The van der Waals surface area contributed by atoms with Crippen LogP contribution >= 0.6 is 22.6 Å². The highest BCUT2D eigenvalue weighted by molar-refractivity contribution is 14.1. The first kappa shape index (κ1) is 14.0. The summed E-state index contributed by atoms with van der Waals surface area (Å²) in [5, 5.41) is 6.42. The van der Waals surface area contributed by atoms with Gasteiger partial charge in [0.25, 0.3) is 0 Å². The lowest BCUT2D eigenvalue weighted by Crippen LogP contribution is -2.04. The van der Waals surface area contributed by atoms with Crippen molar-refractivity contribution >= 4 is 39.9 Å². The Bertz CT molecular complexity index is 557. The largest absolute Gasteiger partial charge is 0.373 e. The molecule has 0 saturated heterocycles. The number of aromatic nitrogens is 2. The second-order valence-electron chi connectivity index (χ2n) is 4.16. The molecule has 100 valence electrons. The highest BCUT2D eigenvalue weighted by Crippen LogP contribution is 2.22. The van der Waals surface area contributed by atoms with Crippen LogP contribution in [0.2, 0.25) is 0 Å². The normalized spacial score (nSPS) is 10.3. The Hall–Kier alpha value is -1.37. The molecule has 4 nitrogen and oxygen atoms in total. The zero-order valence-corrected chi connectivity index (χ0v) is 13.2. The van der Waals surface area contributed by atoms with Crippen LogP contribution in [0.5, 0.6) is 0 Å². The number of aryl methyl sites for hydroxylation is 1. The summed E-state index contributed by atoms with van der Waals surface area (Å²) in [5.41, 5.74) is 1.06. The van der Waals surface area contributed by atoms with E-state index < -0.39 is 0 Å². The molecule has 2 rings (SSSR count). The van der Waals surface area contributed by atoms with Crippen molar-refractivity contribution in [1.82, 2.24) is 9.97 Å². The van der Waals surface area contributed by atoms with Gasteiger partial charge in [-0.05, 0) is 41.1 Å². The maximum absolute atomic E-state index is 4.54. The van der Waals surface area contributed by atoms with Gasteiger partial charge in [-0.1, -0.05) is 19.1 Å². The topological polar surface area (TPSA) is 49.8 Å². The summed E-state index contributed by atoms with van der Waals surface area (Å²) in [4.78, 5) is 8.98. The monoisotopic (exact) mass is 368 g/mol. The lowest BCUT2D eigenvalue weighted by Gasteiger charge is -2.10. The number of hydrogen-bond donors (Lipinski definition) is 2. The van der Waals surface area contributed by atoms with Gasteiger partial charge in [-0.3, -0.25) is 0 Å². The molecule has 2 N–H and O–H groups in total. The van der Waals surface area contributed by atoms with E-state index in [1.54, 1.807) is 0 Å². The van der Waals surface area contributed by atoms with Crippen LogP contribution in [-0.4, -0.2) is 17.0 Å². The van der Waals surface area contributed by atoms with Crippen molar-refractivity contribution in [2.24, 2.45) is 0 Å². The van der Waals surface area contributed by atoms with Crippen LogP contribution in [0.15, 0.2) is 30.3 Å². The maximum atomic E-state index is 4.54. The van der Waals surface area contributed by atoms with E-state index >= 15 is 0 Å². The molecule has 2 aromatic rings. The lowest BCUT2D eigenvalue weighted by molar-refractivity contribution is 0.838. The first-order valence-corrected chi connectivity index (χ1v) is 7.38. The lowest BCUT2D eigenvalue weighted by atomic mass is 10.3. The summed E-state index contributed by atoms with van der Waals surface area (Å²) in [7, 11) is 1.87. The summed E-state index contributed by atoms with van der Waals surface area (Å²) in [5.74, 6) is 2.53. The molecular formula is C14H17IN4. The second-order valence-corrected chi connectivity index (χ2v) is 5.32. The molecule has 0 radical (unpaired) electrons. The highest BCUT2D eigenvalue weighted by atomic mass is 127.